The Hall–Kier alpha value is -2.04. The Bertz CT molecular complexity index is 400. The van der Waals surface area contributed by atoms with Crippen molar-refractivity contribution < 1.29 is 4.79 Å². The number of hydrogen-bond donors (Lipinski definition) is 1. The van der Waals surface area contributed by atoms with Gasteiger partial charge in [0, 0.05) is 27.7 Å². The van der Waals surface area contributed by atoms with Crippen molar-refractivity contribution in [2.24, 2.45) is 10.7 Å². The Morgan fingerprint density at radius 3 is 2.29 bits per heavy atom. The number of hydrogen-bond acceptors (Lipinski definition) is 1. The first kappa shape index (κ1) is 13.0. The van der Waals surface area contributed by atoms with E-state index in [1.807, 2.05) is 56.4 Å². The molecule has 0 aliphatic heterocycles. The number of rotatable bonds is 2. The van der Waals surface area contributed by atoms with Gasteiger partial charge in [-0.05, 0) is 5.56 Å². The van der Waals surface area contributed by atoms with E-state index < -0.39 is 6.03 Å². The second-order valence-corrected chi connectivity index (χ2v) is 3.99. The van der Waals surface area contributed by atoms with Gasteiger partial charge in [-0.2, -0.15) is 4.99 Å². The summed E-state index contributed by atoms with van der Waals surface area (Å²) in [5, 5.41) is 0. The van der Waals surface area contributed by atoms with Crippen LogP contribution in [-0.2, 0) is 6.54 Å². The van der Waals surface area contributed by atoms with Crippen LogP contribution in [0.4, 0.5) is 4.79 Å². The number of nitrogens with zero attached hydrogens (tertiary/aromatic N) is 3. The van der Waals surface area contributed by atoms with Crippen LogP contribution in [0.15, 0.2) is 35.3 Å². The predicted octanol–water partition coefficient (Wildman–Crippen LogP) is 1.11. The summed E-state index contributed by atoms with van der Waals surface area (Å²) in [6, 6.07) is 9.28. The second kappa shape index (κ2) is 5.89. The van der Waals surface area contributed by atoms with Gasteiger partial charge in [0.25, 0.3) is 0 Å². The fourth-order valence-corrected chi connectivity index (χ4v) is 1.55. The maximum atomic E-state index is 10.9. The van der Waals surface area contributed by atoms with Gasteiger partial charge in [-0.1, -0.05) is 30.3 Å². The zero-order chi connectivity index (χ0) is 12.8. The lowest BCUT2D eigenvalue weighted by atomic mass is 10.2. The standard InChI is InChI=1S/C12H18N4O/c1-15(2)12(14-11(13)17)16(3)9-10-7-5-4-6-8-10/h4-8H,9H2,1-3H3,(H2,13,17)/b14-12+. The van der Waals surface area contributed by atoms with E-state index in [-0.39, 0.29) is 0 Å². The van der Waals surface area contributed by atoms with Crippen molar-refractivity contribution in [3.8, 4) is 0 Å². The van der Waals surface area contributed by atoms with Crippen molar-refractivity contribution in [1.29, 1.82) is 0 Å². The van der Waals surface area contributed by atoms with Crippen LogP contribution in [0.3, 0.4) is 0 Å². The van der Waals surface area contributed by atoms with Gasteiger partial charge in [0.2, 0.25) is 5.96 Å². The first-order valence-electron chi connectivity index (χ1n) is 5.31. The van der Waals surface area contributed by atoms with E-state index in [2.05, 4.69) is 4.99 Å². The van der Waals surface area contributed by atoms with Gasteiger partial charge >= 0.3 is 6.03 Å². The van der Waals surface area contributed by atoms with Gasteiger partial charge in [-0.15, -0.1) is 0 Å². The third kappa shape index (κ3) is 4.14. The van der Waals surface area contributed by atoms with Crippen LogP contribution in [0.2, 0.25) is 0 Å². The molecule has 0 saturated carbocycles. The van der Waals surface area contributed by atoms with Crippen molar-refractivity contribution in [1.82, 2.24) is 9.80 Å². The lowest BCUT2D eigenvalue weighted by Gasteiger charge is -2.26. The molecule has 0 spiro atoms. The van der Waals surface area contributed by atoms with Crippen molar-refractivity contribution in [3.05, 3.63) is 35.9 Å². The number of urea groups is 1. The molecule has 1 aromatic rings. The number of carbonyl (C=O) groups excluding carboxylic acids is 1. The van der Waals surface area contributed by atoms with Crippen molar-refractivity contribution >= 4 is 12.0 Å². The minimum Gasteiger partial charge on any atom is -0.350 e. The summed E-state index contributed by atoms with van der Waals surface area (Å²) in [5.41, 5.74) is 6.23. The molecule has 1 aromatic carbocycles. The van der Waals surface area contributed by atoms with Gasteiger partial charge in [0.1, 0.15) is 0 Å². The lowest BCUT2D eigenvalue weighted by molar-refractivity contribution is 0.255. The van der Waals surface area contributed by atoms with E-state index >= 15 is 0 Å². The molecular formula is C12H18N4O. The number of amides is 2. The van der Waals surface area contributed by atoms with Crippen LogP contribution < -0.4 is 5.73 Å². The Morgan fingerprint density at radius 1 is 1.24 bits per heavy atom. The molecule has 0 unspecified atom stereocenters. The minimum atomic E-state index is -0.686. The SMILES string of the molecule is CN(C)/C(=N\C(N)=O)N(C)Cc1ccccc1. The largest absolute Gasteiger partial charge is 0.350 e. The number of guanidine groups is 1. The summed E-state index contributed by atoms with van der Waals surface area (Å²) in [5.74, 6) is 0.543. The fourth-order valence-electron chi connectivity index (χ4n) is 1.55. The predicted molar refractivity (Wildman–Crippen MR) is 68.6 cm³/mol. The summed E-state index contributed by atoms with van der Waals surface area (Å²) in [6.07, 6.45) is 0. The molecule has 0 aromatic heterocycles. The monoisotopic (exact) mass is 234 g/mol. The van der Waals surface area contributed by atoms with E-state index in [0.717, 1.165) is 5.56 Å². The van der Waals surface area contributed by atoms with E-state index in [4.69, 9.17) is 5.73 Å². The Balaban J connectivity index is 2.80. The van der Waals surface area contributed by atoms with Crippen LogP contribution in [0.25, 0.3) is 0 Å². The number of benzene rings is 1. The molecule has 5 heteroatoms. The summed E-state index contributed by atoms with van der Waals surface area (Å²) in [6.45, 7) is 0.672. The minimum absolute atomic E-state index is 0.543. The van der Waals surface area contributed by atoms with E-state index in [9.17, 15) is 4.79 Å². The van der Waals surface area contributed by atoms with E-state index in [1.54, 1.807) is 4.90 Å². The van der Waals surface area contributed by atoms with Crippen molar-refractivity contribution in [2.75, 3.05) is 21.1 Å². The molecule has 0 heterocycles. The highest BCUT2D eigenvalue weighted by atomic mass is 16.2. The highest BCUT2D eigenvalue weighted by Gasteiger charge is 2.10. The van der Waals surface area contributed by atoms with Crippen molar-refractivity contribution in [2.45, 2.75) is 6.54 Å². The Labute approximate surface area is 102 Å². The second-order valence-electron chi connectivity index (χ2n) is 3.99. The van der Waals surface area contributed by atoms with Crippen LogP contribution in [0, 0.1) is 0 Å². The summed E-state index contributed by atoms with van der Waals surface area (Å²) in [4.78, 5) is 18.3. The average molecular weight is 234 g/mol. The number of primary amides is 1. The summed E-state index contributed by atoms with van der Waals surface area (Å²) < 4.78 is 0. The molecule has 0 bridgehead atoms. The number of carbonyl (C=O) groups is 1. The van der Waals surface area contributed by atoms with Gasteiger partial charge in [0.15, 0.2) is 0 Å². The maximum Gasteiger partial charge on any atom is 0.341 e. The van der Waals surface area contributed by atoms with E-state index in [1.165, 1.54) is 0 Å². The van der Waals surface area contributed by atoms with Crippen LogP contribution in [-0.4, -0.2) is 42.9 Å². The summed E-state index contributed by atoms with van der Waals surface area (Å²) >= 11 is 0. The highest BCUT2D eigenvalue weighted by Crippen LogP contribution is 2.04. The molecule has 0 radical (unpaired) electrons. The highest BCUT2D eigenvalue weighted by molar-refractivity contribution is 5.91. The Kier molecular flexibility index (Phi) is 4.51. The van der Waals surface area contributed by atoms with Gasteiger partial charge in [-0.25, -0.2) is 4.79 Å². The average Bonchev–Trinajstić information content (AvgIpc) is 2.26. The maximum absolute atomic E-state index is 10.9. The van der Waals surface area contributed by atoms with E-state index in [0.29, 0.717) is 12.5 Å². The molecule has 2 N–H and O–H groups in total. The molecule has 1 rings (SSSR count). The van der Waals surface area contributed by atoms with Crippen molar-refractivity contribution in [3.63, 3.8) is 0 Å². The quantitative estimate of drug-likeness (QED) is 0.616. The molecular weight excluding hydrogens is 216 g/mol. The summed E-state index contributed by atoms with van der Waals surface area (Å²) in [7, 11) is 5.52. The molecule has 2 amide bonds. The molecule has 0 atom stereocenters. The third-order valence-corrected chi connectivity index (χ3v) is 2.21. The van der Waals surface area contributed by atoms with Gasteiger partial charge < -0.3 is 15.5 Å². The molecule has 92 valence electrons. The Morgan fingerprint density at radius 2 is 1.82 bits per heavy atom. The van der Waals surface area contributed by atoms with Crippen LogP contribution in [0.5, 0.6) is 0 Å². The number of aliphatic imine (C=N–C) groups is 1. The van der Waals surface area contributed by atoms with Crippen LogP contribution >= 0.6 is 0 Å². The first-order chi connectivity index (χ1) is 8.00. The normalized spacial score (nSPS) is 11.1. The van der Waals surface area contributed by atoms with Gasteiger partial charge in [0.05, 0.1) is 0 Å². The lowest BCUT2D eigenvalue weighted by Crippen LogP contribution is -2.38. The van der Waals surface area contributed by atoms with Crippen LogP contribution in [0.1, 0.15) is 5.56 Å². The number of nitrogens with two attached hydrogens (primary N) is 1. The molecule has 17 heavy (non-hydrogen) atoms. The first-order valence-corrected chi connectivity index (χ1v) is 5.31. The zero-order valence-corrected chi connectivity index (χ0v) is 10.4. The van der Waals surface area contributed by atoms with Gasteiger partial charge in [-0.3, -0.25) is 0 Å². The smallest absolute Gasteiger partial charge is 0.341 e. The molecule has 0 fully saturated rings. The molecule has 5 nitrogen and oxygen atoms in total. The molecule has 0 saturated heterocycles. The molecule has 0 aliphatic carbocycles. The molecule has 0 aliphatic rings. The fraction of sp³-hybridized carbons (Fsp3) is 0.333. The topological polar surface area (TPSA) is 61.9 Å². The third-order valence-electron chi connectivity index (χ3n) is 2.21. The zero-order valence-electron chi connectivity index (χ0n) is 10.4.